The summed E-state index contributed by atoms with van der Waals surface area (Å²) in [6, 6.07) is 8.54. The summed E-state index contributed by atoms with van der Waals surface area (Å²) in [5.41, 5.74) is 3.83. The second-order valence-corrected chi connectivity index (χ2v) is 7.50. The lowest BCUT2D eigenvalue weighted by Gasteiger charge is -2.42. The highest BCUT2D eigenvalue weighted by molar-refractivity contribution is 5.73. The molecule has 0 saturated heterocycles. The number of hydrogen-bond acceptors (Lipinski definition) is 6. The summed E-state index contributed by atoms with van der Waals surface area (Å²) in [7, 11) is 1.88. The molecule has 0 aromatic carbocycles. The van der Waals surface area contributed by atoms with Crippen molar-refractivity contribution in [1.29, 1.82) is 10.5 Å². The van der Waals surface area contributed by atoms with E-state index in [0.717, 1.165) is 22.5 Å². The van der Waals surface area contributed by atoms with Crippen molar-refractivity contribution in [3.63, 3.8) is 0 Å². The van der Waals surface area contributed by atoms with Crippen LogP contribution in [0.3, 0.4) is 0 Å². The van der Waals surface area contributed by atoms with E-state index in [4.69, 9.17) is 10.4 Å². The van der Waals surface area contributed by atoms with Crippen LogP contribution in [0.25, 0.3) is 28.2 Å². The van der Waals surface area contributed by atoms with Gasteiger partial charge in [-0.25, -0.2) is 4.98 Å². The Balaban J connectivity index is 1.59. The van der Waals surface area contributed by atoms with E-state index in [1.807, 2.05) is 42.2 Å². The molecule has 4 heterocycles. The summed E-state index contributed by atoms with van der Waals surface area (Å²) >= 11 is 0. The second-order valence-electron chi connectivity index (χ2n) is 7.50. The maximum Gasteiger partial charge on any atom is 0.137 e. The van der Waals surface area contributed by atoms with Gasteiger partial charge in [-0.05, 0) is 30.5 Å². The third kappa shape index (κ3) is 2.67. The normalized spacial score (nSPS) is 20.9. The lowest BCUT2D eigenvalue weighted by molar-refractivity contribution is 0.0713. The number of aryl methyl sites for hydroxylation is 1. The van der Waals surface area contributed by atoms with Crippen molar-refractivity contribution in [1.82, 2.24) is 34.2 Å². The minimum atomic E-state index is -0.498. The Morgan fingerprint density at radius 2 is 2.03 bits per heavy atom. The zero-order valence-corrected chi connectivity index (χ0v) is 15.8. The minimum absolute atomic E-state index is 0.0490. The van der Waals surface area contributed by atoms with Gasteiger partial charge < -0.3 is 0 Å². The molecule has 4 aromatic heterocycles. The van der Waals surface area contributed by atoms with Gasteiger partial charge in [-0.3, -0.25) is 9.08 Å². The fraction of sp³-hybridized carbons (Fsp3) is 0.300. The monoisotopic (exact) mass is 383 g/mol. The summed E-state index contributed by atoms with van der Waals surface area (Å²) < 4.78 is 3.72. The number of nitriles is 2. The molecule has 0 spiro atoms. The molecule has 5 rings (SSSR count). The molecule has 142 valence electrons. The van der Waals surface area contributed by atoms with E-state index in [-0.39, 0.29) is 12.3 Å². The topological polar surface area (TPSA) is 113 Å². The predicted molar refractivity (Wildman–Crippen MR) is 103 cm³/mol. The number of fused-ring (bicyclic) bond motifs is 1. The van der Waals surface area contributed by atoms with Crippen molar-refractivity contribution in [2.45, 2.75) is 24.8 Å². The Morgan fingerprint density at radius 1 is 1.17 bits per heavy atom. The largest absolute Gasteiger partial charge is 0.298 e. The first-order chi connectivity index (χ1) is 14.1. The highest BCUT2D eigenvalue weighted by Gasteiger charge is 2.48. The molecule has 0 bridgehead atoms. The van der Waals surface area contributed by atoms with Crippen LogP contribution in [0, 0.1) is 28.6 Å². The molecule has 0 aliphatic heterocycles. The first-order valence-electron chi connectivity index (χ1n) is 9.28. The van der Waals surface area contributed by atoms with Crippen LogP contribution < -0.4 is 0 Å². The van der Waals surface area contributed by atoms with Crippen molar-refractivity contribution >= 4 is 5.65 Å². The minimum Gasteiger partial charge on any atom is -0.298 e. The summed E-state index contributed by atoms with van der Waals surface area (Å²) in [5, 5.41) is 31.8. The maximum absolute atomic E-state index is 9.27. The average Bonchev–Trinajstić information content (AvgIpc) is 3.43. The highest BCUT2D eigenvalue weighted by atomic mass is 15.5. The number of rotatable bonds is 4. The summed E-state index contributed by atoms with van der Waals surface area (Å²) in [5.74, 6) is -0.0490. The molecule has 0 N–H and O–H groups in total. The van der Waals surface area contributed by atoms with Gasteiger partial charge in [-0.1, -0.05) is 0 Å². The van der Waals surface area contributed by atoms with E-state index >= 15 is 0 Å². The molecule has 1 fully saturated rings. The van der Waals surface area contributed by atoms with E-state index in [1.54, 1.807) is 21.9 Å². The van der Waals surface area contributed by atoms with E-state index in [0.29, 0.717) is 18.5 Å². The number of imidazole rings is 1. The Hall–Kier alpha value is -3.98. The lowest BCUT2D eigenvalue weighted by atomic mass is 9.68. The van der Waals surface area contributed by atoms with Crippen molar-refractivity contribution in [2.75, 3.05) is 0 Å². The zero-order valence-electron chi connectivity index (χ0n) is 15.8. The maximum atomic E-state index is 9.27. The van der Waals surface area contributed by atoms with E-state index in [2.05, 4.69) is 27.3 Å². The number of pyridine rings is 1. The molecule has 0 unspecified atom stereocenters. The standard InChI is InChI=1S/C20H17N9/c1-27-13-16(11-24-27)15-6-18(28-5-4-23-19(28)7-15)17-12-25-29(26-17)20(2-3-21)8-14(9-20)10-22/h4-7,11-14H,2,8-9H2,1H3/t14-,20-. The number of nitrogens with zero attached hydrogens (tertiary/aromatic N) is 9. The molecule has 1 aliphatic rings. The highest BCUT2D eigenvalue weighted by Crippen LogP contribution is 2.45. The quantitative estimate of drug-likeness (QED) is 0.535. The Morgan fingerprint density at radius 3 is 2.76 bits per heavy atom. The van der Waals surface area contributed by atoms with Gasteiger partial charge in [0, 0.05) is 31.2 Å². The number of hydrogen-bond donors (Lipinski definition) is 0. The molecule has 9 heteroatoms. The lowest BCUT2D eigenvalue weighted by Crippen LogP contribution is -2.47. The molecular weight excluding hydrogens is 366 g/mol. The zero-order chi connectivity index (χ0) is 20.0. The SMILES string of the molecule is Cn1cc(-c2cc(-c3cnn([C@]4(CC#N)C[C@@H](C#N)C4)n3)n3ccnc3c2)cn1. The van der Waals surface area contributed by atoms with Crippen LogP contribution in [0.1, 0.15) is 19.3 Å². The van der Waals surface area contributed by atoms with Crippen LogP contribution in [0.5, 0.6) is 0 Å². The van der Waals surface area contributed by atoms with Crippen molar-refractivity contribution in [2.24, 2.45) is 13.0 Å². The van der Waals surface area contributed by atoms with Crippen molar-refractivity contribution < 1.29 is 0 Å². The summed E-state index contributed by atoms with van der Waals surface area (Å²) in [6.45, 7) is 0. The first kappa shape index (κ1) is 17.1. The average molecular weight is 383 g/mol. The molecule has 1 aliphatic carbocycles. The van der Waals surface area contributed by atoms with Crippen molar-refractivity contribution in [3.8, 4) is 34.7 Å². The second kappa shape index (κ2) is 6.28. The molecule has 9 nitrogen and oxygen atoms in total. The molecule has 1 saturated carbocycles. The van der Waals surface area contributed by atoms with Crippen LogP contribution >= 0.6 is 0 Å². The van der Waals surface area contributed by atoms with Gasteiger partial charge in [0.2, 0.25) is 0 Å². The molecular formula is C20H17N9. The van der Waals surface area contributed by atoms with Gasteiger partial charge in [-0.15, -0.1) is 0 Å². The van der Waals surface area contributed by atoms with Crippen LogP contribution in [0.15, 0.2) is 43.1 Å². The smallest absolute Gasteiger partial charge is 0.137 e. The Labute approximate surface area is 166 Å². The van der Waals surface area contributed by atoms with E-state index in [9.17, 15) is 5.26 Å². The molecule has 4 aromatic rings. The fourth-order valence-corrected chi connectivity index (χ4v) is 4.04. The first-order valence-corrected chi connectivity index (χ1v) is 9.28. The predicted octanol–water partition coefficient (Wildman–Crippen LogP) is 2.54. The molecule has 29 heavy (non-hydrogen) atoms. The van der Waals surface area contributed by atoms with E-state index in [1.165, 1.54) is 0 Å². The van der Waals surface area contributed by atoms with Crippen molar-refractivity contribution in [3.05, 3.63) is 43.1 Å². The van der Waals surface area contributed by atoms with Crippen LogP contribution in [-0.4, -0.2) is 34.2 Å². The number of aromatic nitrogens is 7. The Bertz CT molecular complexity index is 1290. The van der Waals surface area contributed by atoms with Gasteiger partial charge >= 0.3 is 0 Å². The third-order valence-electron chi connectivity index (χ3n) is 5.57. The molecule has 0 amide bonds. The summed E-state index contributed by atoms with van der Waals surface area (Å²) in [4.78, 5) is 6.06. The fourth-order valence-electron chi connectivity index (χ4n) is 4.04. The molecule has 0 atom stereocenters. The Kier molecular flexibility index (Phi) is 3.71. The van der Waals surface area contributed by atoms with Gasteiger partial charge in [0.25, 0.3) is 0 Å². The van der Waals surface area contributed by atoms with Gasteiger partial charge in [0.1, 0.15) is 11.3 Å². The van der Waals surface area contributed by atoms with Crippen LogP contribution in [-0.2, 0) is 12.6 Å². The van der Waals surface area contributed by atoms with Crippen LogP contribution in [0.2, 0.25) is 0 Å². The summed E-state index contributed by atoms with van der Waals surface area (Å²) in [6.07, 6.45) is 10.6. The van der Waals surface area contributed by atoms with Gasteiger partial charge in [0.15, 0.2) is 0 Å². The third-order valence-corrected chi connectivity index (χ3v) is 5.57. The van der Waals surface area contributed by atoms with E-state index < -0.39 is 5.54 Å². The molecule has 0 radical (unpaired) electrons. The van der Waals surface area contributed by atoms with Crippen LogP contribution in [0.4, 0.5) is 0 Å². The van der Waals surface area contributed by atoms with Gasteiger partial charge in [0.05, 0.1) is 48.1 Å². The van der Waals surface area contributed by atoms with Gasteiger partial charge in [-0.2, -0.15) is 30.6 Å².